The molecule has 0 saturated heterocycles. The van der Waals surface area contributed by atoms with E-state index >= 15 is 0 Å². The van der Waals surface area contributed by atoms with Crippen molar-refractivity contribution < 1.29 is 9.47 Å². The molecule has 3 rings (SSSR count). The average Bonchev–Trinajstić information content (AvgIpc) is 2.73. The van der Waals surface area contributed by atoms with Crippen LogP contribution in [0.3, 0.4) is 0 Å². The zero-order valence-electron chi connectivity index (χ0n) is 16.0. The summed E-state index contributed by atoms with van der Waals surface area (Å²) in [6.45, 7) is 0.914. The summed E-state index contributed by atoms with van der Waals surface area (Å²) < 4.78 is 11.6. The Hall–Kier alpha value is -2.60. The van der Waals surface area contributed by atoms with Gasteiger partial charge in [-0.2, -0.15) is 5.10 Å². The van der Waals surface area contributed by atoms with Crippen LogP contribution in [0.5, 0.6) is 11.5 Å². The van der Waals surface area contributed by atoms with Gasteiger partial charge in [0.1, 0.15) is 24.7 Å². The standard InChI is InChI=1S/C22H27N3O2S/c23-22(28)25-24-16-19-8-4-5-9-21(19)27-15-14-26-20-12-10-18(11-13-20)17-6-2-1-3-7-17/h4-5,8-13,16-17H,1-3,6-7,14-15H2,(H3,23,25,28). The second-order valence-corrected chi connectivity index (χ2v) is 7.31. The Labute approximate surface area is 171 Å². The Morgan fingerprint density at radius 2 is 1.75 bits per heavy atom. The van der Waals surface area contributed by atoms with Crippen molar-refractivity contribution in [3.63, 3.8) is 0 Å². The van der Waals surface area contributed by atoms with E-state index in [1.165, 1.54) is 37.7 Å². The molecule has 0 atom stereocenters. The molecule has 1 aliphatic rings. The van der Waals surface area contributed by atoms with E-state index in [0.29, 0.717) is 19.1 Å². The molecule has 0 aromatic heterocycles. The van der Waals surface area contributed by atoms with Gasteiger partial charge in [0.2, 0.25) is 0 Å². The Morgan fingerprint density at radius 3 is 2.50 bits per heavy atom. The molecule has 1 saturated carbocycles. The molecular weight excluding hydrogens is 370 g/mol. The molecule has 1 fully saturated rings. The van der Waals surface area contributed by atoms with Crippen molar-refractivity contribution in [2.75, 3.05) is 13.2 Å². The minimum Gasteiger partial charge on any atom is -0.490 e. The van der Waals surface area contributed by atoms with Gasteiger partial charge in [0.25, 0.3) is 0 Å². The van der Waals surface area contributed by atoms with Crippen LogP contribution in [0.2, 0.25) is 0 Å². The van der Waals surface area contributed by atoms with Gasteiger partial charge in [-0.05, 0) is 60.8 Å². The van der Waals surface area contributed by atoms with Gasteiger partial charge < -0.3 is 15.2 Å². The number of hydrogen-bond acceptors (Lipinski definition) is 4. The van der Waals surface area contributed by atoms with Gasteiger partial charge in [-0.3, -0.25) is 5.43 Å². The van der Waals surface area contributed by atoms with Gasteiger partial charge in [-0.1, -0.05) is 43.5 Å². The minimum atomic E-state index is 0.123. The number of rotatable bonds is 8. The van der Waals surface area contributed by atoms with Crippen molar-refractivity contribution >= 4 is 23.5 Å². The molecule has 5 nitrogen and oxygen atoms in total. The molecule has 6 heteroatoms. The molecule has 0 spiro atoms. The predicted octanol–water partition coefficient (Wildman–Crippen LogP) is 4.36. The number of ether oxygens (including phenoxy) is 2. The van der Waals surface area contributed by atoms with Crippen LogP contribution in [0.25, 0.3) is 0 Å². The van der Waals surface area contributed by atoms with Crippen molar-refractivity contribution in [1.29, 1.82) is 0 Å². The first-order valence-electron chi connectivity index (χ1n) is 9.75. The summed E-state index contributed by atoms with van der Waals surface area (Å²) in [6.07, 6.45) is 8.32. The highest BCUT2D eigenvalue weighted by molar-refractivity contribution is 7.80. The largest absolute Gasteiger partial charge is 0.490 e. The monoisotopic (exact) mass is 397 g/mol. The van der Waals surface area contributed by atoms with E-state index in [0.717, 1.165) is 17.1 Å². The first-order chi connectivity index (χ1) is 13.7. The molecule has 0 unspecified atom stereocenters. The molecule has 0 aliphatic heterocycles. The summed E-state index contributed by atoms with van der Waals surface area (Å²) in [5.41, 5.74) is 10.2. The summed E-state index contributed by atoms with van der Waals surface area (Å²) in [5, 5.41) is 4.09. The van der Waals surface area contributed by atoms with E-state index in [1.54, 1.807) is 6.21 Å². The number of nitrogens with one attached hydrogen (secondary N) is 1. The fourth-order valence-electron chi connectivity index (χ4n) is 3.47. The normalized spacial score (nSPS) is 14.7. The number of nitrogens with two attached hydrogens (primary N) is 1. The molecule has 0 heterocycles. The third kappa shape index (κ3) is 6.23. The lowest BCUT2D eigenvalue weighted by Crippen LogP contribution is -2.24. The molecule has 0 bridgehead atoms. The average molecular weight is 398 g/mol. The maximum absolute atomic E-state index is 5.83. The fraction of sp³-hybridized carbons (Fsp3) is 0.364. The van der Waals surface area contributed by atoms with Crippen LogP contribution in [0.15, 0.2) is 53.6 Å². The molecule has 28 heavy (non-hydrogen) atoms. The third-order valence-corrected chi connectivity index (χ3v) is 4.95. The van der Waals surface area contributed by atoms with E-state index < -0.39 is 0 Å². The fourth-order valence-corrected chi connectivity index (χ4v) is 3.52. The summed E-state index contributed by atoms with van der Waals surface area (Å²) in [6, 6.07) is 16.2. The summed E-state index contributed by atoms with van der Waals surface area (Å²) in [4.78, 5) is 0. The van der Waals surface area contributed by atoms with Crippen LogP contribution in [0.4, 0.5) is 0 Å². The molecule has 2 aromatic carbocycles. The Morgan fingerprint density at radius 1 is 1.04 bits per heavy atom. The number of para-hydroxylation sites is 1. The Kier molecular flexibility index (Phi) is 7.67. The van der Waals surface area contributed by atoms with Crippen LogP contribution >= 0.6 is 12.2 Å². The lowest BCUT2D eigenvalue weighted by Gasteiger charge is -2.22. The highest BCUT2D eigenvalue weighted by atomic mass is 32.1. The summed E-state index contributed by atoms with van der Waals surface area (Å²) >= 11 is 4.73. The van der Waals surface area contributed by atoms with Gasteiger partial charge in [0.05, 0.1) is 6.21 Å². The molecule has 1 aliphatic carbocycles. The first-order valence-corrected chi connectivity index (χ1v) is 10.2. The molecular formula is C22H27N3O2S. The van der Waals surface area contributed by atoms with E-state index in [-0.39, 0.29) is 5.11 Å². The zero-order valence-corrected chi connectivity index (χ0v) is 16.8. The predicted molar refractivity (Wildman–Crippen MR) is 117 cm³/mol. The van der Waals surface area contributed by atoms with Crippen molar-refractivity contribution in [2.24, 2.45) is 10.8 Å². The Balaban J connectivity index is 1.45. The van der Waals surface area contributed by atoms with Crippen LogP contribution in [-0.4, -0.2) is 24.5 Å². The van der Waals surface area contributed by atoms with E-state index in [2.05, 4.69) is 34.8 Å². The van der Waals surface area contributed by atoms with Crippen molar-refractivity contribution in [1.82, 2.24) is 5.43 Å². The van der Waals surface area contributed by atoms with Gasteiger partial charge >= 0.3 is 0 Å². The quantitative estimate of drug-likeness (QED) is 0.300. The zero-order chi connectivity index (χ0) is 19.6. The second kappa shape index (κ2) is 10.7. The van der Waals surface area contributed by atoms with Gasteiger partial charge in [0, 0.05) is 5.56 Å². The lowest BCUT2D eigenvalue weighted by molar-refractivity contribution is 0.217. The van der Waals surface area contributed by atoms with E-state index in [4.69, 9.17) is 27.4 Å². The summed E-state index contributed by atoms with van der Waals surface area (Å²) in [5.74, 6) is 2.32. The number of thiocarbonyl (C=S) groups is 1. The SMILES string of the molecule is NC(=S)NN=Cc1ccccc1OCCOc1ccc(C2CCCCC2)cc1. The highest BCUT2D eigenvalue weighted by Gasteiger charge is 2.15. The van der Waals surface area contributed by atoms with Crippen LogP contribution in [0.1, 0.15) is 49.1 Å². The maximum atomic E-state index is 5.83. The van der Waals surface area contributed by atoms with Gasteiger partial charge in [-0.15, -0.1) is 0 Å². The lowest BCUT2D eigenvalue weighted by atomic mass is 9.84. The van der Waals surface area contributed by atoms with Crippen molar-refractivity contribution in [3.8, 4) is 11.5 Å². The minimum absolute atomic E-state index is 0.123. The molecule has 2 aromatic rings. The maximum Gasteiger partial charge on any atom is 0.184 e. The van der Waals surface area contributed by atoms with Crippen molar-refractivity contribution in [2.45, 2.75) is 38.0 Å². The van der Waals surface area contributed by atoms with E-state index in [9.17, 15) is 0 Å². The number of hydrazone groups is 1. The number of hydrogen-bond donors (Lipinski definition) is 2. The van der Waals surface area contributed by atoms with Crippen LogP contribution < -0.4 is 20.6 Å². The first kappa shape index (κ1) is 20.1. The highest BCUT2D eigenvalue weighted by Crippen LogP contribution is 2.33. The molecule has 0 amide bonds. The molecule has 0 radical (unpaired) electrons. The summed E-state index contributed by atoms with van der Waals surface area (Å²) in [7, 11) is 0. The smallest absolute Gasteiger partial charge is 0.184 e. The second-order valence-electron chi connectivity index (χ2n) is 6.87. The van der Waals surface area contributed by atoms with E-state index in [1.807, 2.05) is 24.3 Å². The van der Waals surface area contributed by atoms with Crippen LogP contribution in [-0.2, 0) is 0 Å². The molecule has 3 N–H and O–H groups in total. The number of benzene rings is 2. The topological polar surface area (TPSA) is 68.9 Å². The van der Waals surface area contributed by atoms with Gasteiger partial charge in [-0.25, -0.2) is 0 Å². The third-order valence-electron chi connectivity index (χ3n) is 4.86. The van der Waals surface area contributed by atoms with Crippen molar-refractivity contribution in [3.05, 3.63) is 59.7 Å². The number of nitrogens with zero attached hydrogens (tertiary/aromatic N) is 1. The van der Waals surface area contributed by atoms with Crippen LogP contribution in [0, 0.1) is 0 Å². The molecule has 148 valence electrons. The Bertz CT molecular complexity index is 787. The van der Waals surface area contributed by atoms with Gasteiger partial charge in [0.15, 0.2) is 5.11 Å².